The van der Waals surface area contributed by atoms with Crippen molar-refractivity contribution in [1.29, 1.82) is 15.8 Å². The second kappa shape index (κ2) is 5.39. The Bertz CT molecular complexity index is 871. The molecule has 0 aliphatic rings. The first-order valence-corrected chi connectivity index (χ1v) is 5.52. The molecule has 0 amide bonds. The maximum atomic E-state index is 11.7. The van der Waals surface area contributed by atoms with Crippen LogP contribution in [0, 0.1) is 34.0 Å². The highest BCUT2D eigenvalue weighted by molar-refractivity contribution is 5.85. The lowest BCUT2D eigenvalue weighted by molar-refractivity contribution is 1.28. The highest BCUT2D eigenvalue weighted by Crippen LogP contribution is 2.17. The maximum Gasteiger partial charge on any atom is 0.255 e. The minimum absolute atomic E-state index is 0.151. The average Bonchev–Trinajstić information content (AvgIpc) is 2.48. The molecule has 1 aromatic heterocycles. The van der Waals surface area contributed by atoms with Gasteiger partial charge in [0.15, 0.2) is 5.57 Å². The first kappa shape index (κ1) is 12.9. The van der Waals surface area contributed by atoms with Crippen LogP contribution in [-0.2, 0) is 0 Å². The normalized spacial score (nSPS) is 9.05. The molecule has 0 saturated heterocycles. The number of pyridine rings is 1. The highest BCUT2D eigenvalue weighted by Gasteiger charge is 2.07. The van der Waals surface area contributed by atoms with Crippen molar-refractivity contribution in [3.8, 4) is 18.2 Å². The summed E-state index contributed by atoms with van der Waals surface area (Å²) in [5.74, 6) is 0. The first-order valence-electron chi connectivity index (χ1n) is 5.52. The first-order chi connectivity index (χ1) is 9.69. The van der Waals surface area contributed by atoms with Crippen molar-refractivity contribution < 1.29 is 0 Å². The SMILES string of the molecule is N#CC(C#N)=C(C#N)Nc1ccc2cc[nH]c(=O)c2c1. The van der Waals surface area contributed by atoms with Crippen LogP contribution in [0.5, 0.6) is 0 Å². The summed E-state index contributed by atoms with van der Waals surface area (Å²) in [6.45, 7) is 0. The minimum Gasteiger partial charge on any atom is -0.345 e. The number of aromatic nitrogens is 1. The summed E-state index contributed by atoms with van der Waals surface area (Å²) >= 11 is 0. The van der Waals surface area contributed by atoms with Gasteiger partial charge in [0.2, 0.25) is 0 Å². The van der Waals surface area contributed by atoms with E-state index < -0.39 is 0 Å². The number of rotatable bonds is 2. The number of anilines is 1. The van der Waals surface area contributed by atoms with Gasteiger partial charge in [-0.2, -0.15) is 15.8 Å². The van der Waals surface area contributed by atoms with E-state index in [-0.39, 0.29) is 16.8 Å². The number of allylic oxidation sites excluding steroid dienone is 2. The van der Waals surface area contributed by atoms with Gasteiger partial charge in [0.1, 0.15) is 23.9 Å². The molecule has 2 aromatic rings. The molecule has 0 aliphatic heterocycles. The van der Waals surface area contributed by atoms with E-state index >= 15 is 0 Å². The monoisotopic (exact) mass is 261 g/mol. The molecule has 1 heterocycles. The molecule has 94 valence electrons. The number of benzene rings is 1. The van der Waals surface area contributed by atoms with Gasteiger partial charge in [-0.15, -0.1) is 0 Å². The Kier molecular flexibility index (Phi) is 3.47. The van der Waals surface area contributed by atoms with Crippen LogP contribution in [0.15, 0.2) is 46.5 Å². The largest absolute Gasteiger partial charge is 0.345 e. The molecule has 0 aliphatic carbocycles. The number of fused-ring (bicyclic) bond motifs is 1. The van der Waals surface area contributed by atoms with Crippen molar-refractivity contribution in [2.24, 2.45) is 0 Å². The molecule has 0 saturated carbocycles. The van der Waals surface area contributed by atoms with Crippen molar-refractivity contribution in [3.63, 3.8) is 0 Å². The van der Waals surface area contributed by atoms with Crippen molar-refractivity contribution in [3.05, 3.63) is 52.1 Å². The number of nitrogens with zero attached hydrogens (tertiary/aromatic N) is 3. The number of hydrogen-bond acceptors (Lipinski definition) is 5. The third-order valence-corrected chi connectivity index (χ3v) is 2.63. The fourth-order valence-corrected chi connectivity index (χ4v) is 1.69. The third kappa shape index (κ3) is 2.33. The predicted molar refractivity (Wildman–Crippen MR) is 72.1 cm³/mol. The van der Waals surface area contributed by atoms with Gasteiger partial charge >= 0.3 is 0 Å². The average molecular weight is 261 g/mol. The summed E-state index contributed by atoms with van der Waals surface area (Å²) in [7, 11) is 0. The Morgan fingerprint density at radius 1 is 1.10 bits per heavy atom. The molecule has 20 heavy (non-hydrogen) atoms. The molecular formula is C14H7N5O. The van der Waals surface area contributed by atoms with Gasteiger partial charge in [-0.25, -0.2) is 0 Å². The van der Waals surface area contributed by atoms with Crippen LogP contribution >= 0.6 is 0 Å². The molecular weight excluding hydrogens is 254 g/mol. The van der Waals surface area contributed by atoms with Crippen LogP contribution in [0.3, 0.4) is 0 Å². The highest BCUT2D eigenvalue weighted by atomic mass is 16.1. The molecule has 1 aromatic carbocycles. The van der Waals surface area contributed by atoms with E-state index in [9.17, 15) is 4.79 Å². The molecule has 0 spiro atoms. The molecule has 0 radical (unpaired) electrons. The van der Waals surface area contributed by atoms with E-state index in [1.807, 2.05) is 0 Å². The van der Waals surface area contributed by atoms with Crippen LogP contribution < -0.4 is 10.9 Å². The second-order valence-corrected chi connectivity index (χ2v) is 3.82. The molecule has 0 fully saturated rings. The summed E-state index contributed by atoms with van der Waals surface area (Å²) in [5, 5.41) is 30.3. The topological polar surface area (TPSA) is 116 Å². The molecule has 0 atom stereocenters. The van der Waals surface area contributed by atoms with E-state index in [0.717, 1.165) is 5.39 Å². The zero-order valence-electron chi connectivity index (χ0n) is 10.1. The smallest absolute Gasteiger partial charge is 0.255 e. The number of aromatic amines is 1. The quantitative estimate of drug-likeness (QED) is 0.799. The summed E-state index contributed by atoms with van der Waals surface area (Å²) in [6, 6.07) is 11.7. The summed E-state index contributed by atoms with van der Waals surface area (Å²) in [5.41, 5.74) is -0.264. The lowest BCUT2D eigenvalue weighted by Crippen LogP contribution is -2.06. The summed E-state index contributed by atoms with van der Waals surface area (Å²) < 4.78 is 0. The minimum atomic E-state index is -0.311. The van der Waals surface area contributed by atoms with Gasteiger partial charge < -0.3 is 10.3 Å². The van der Waals surface area contributed by atoms with Crippen molar-refractivity contribution in [1.82, 2.24) is 4.98 Å². The van der Waals surface area contributed by atoms with Crippen LogP contribution in [-0.4, -0.2) is 4.98 Å². The standard InChI is InChI=1S/C14H7N5O/c15-6-10(7-16)13(8-17)19-11-2-1-9-3-4-18-14(20)12(9)5-11/h1-5,19H,(H,18,20). The molecule has 6 nitrogen and oxygen atoms in total. The molecule has 2 rings (SSSR count). The maximum absolute atomic E-state index is 11.7. The lowest BCUT2D eigenvalue weighted by Gasteiger charge is -2.05. The van der Waals surface area contributed by atoms with E-state index in [1.165, 1.54) is 0 Å². The Morgan fingerprint density at radius 2 is 1.85 bits per heavy atom. The van der Waals surface area contributed by atoms with Gasteiger partial charge in [-0.3, -0.25) is 4.79 Å². The second-order valence-electron chi connectivity index (χ2n) is 3.82. The van der Waals surface area contributed by atoms with Gasteiger partial charge in [0.05, 0.1) is 0 Å². The van der Waals surface area contributed by atoms with Crippen molar-refractivity contribution in [2.75, 3.05) is 5.32 Å². The number of nitrogens with one attached hydrogen (secondary N) is 2. The zero-order chi connectivity index (χ0) is 14.5. The molecule has 2 N–H and O–H groups in total. The summed E-state index contributed by atoms with van der Waals surface area (Å²) in [6.07, 6.45) is 1.54. The third-order valence-electron chi connectivity index (χ3n) is 2.63. The zero-order valence-corrected chi connectivity index (χ0v) is 10.1. The number of hydrogen-bond donors (Lipinski definition) is 2. The van der Waals surface area contributed by atoms with Crippen LogP contribution in [0.4, 0.5) is 5.69 Å². The van der Waals surface area contributed by atoms with E-state index in [2.05, 4.69) is 10.3 Å². The summed E-state index contributed by atoms with van der Waals surface area (Å²) in [4.78, 5) is 14.2. The Labute approximate surface area is 113 Å². The van der Waals surface area contributed by atoms with Crippen molar-refractivity contribution >= 4 is 16.5 Å². The van der Waals surface area contributed by atoms with Crippen LogP contribution in [0.2, 0.25) is 0 Å². The Hall–Kier alpha value is -3.56. The van der Waals surface area contributed by atoms with E-state index in [4.69, 9.17) is 15.8 Å². The predicted octanol–water partition coefficient (Wildman–Crippen LogP) is 1.76. The van der Waals surface area contributed by atoms with Gasteiger partial charge in [0.25, 0.3) is 5.56 Å². The fraction of sp³-hybridized carbons (Fsp3) is 0. The Morgan fingerprint density at radius 3 is 2.50 bits per heavy atom. The fourth-order valence-electron chi connectivity index (χ4n) is 1.69. The van der Waals surface area contributed by atoms with Gasteiger partial charge in [-0.05, 0) is 23.6 Å². The van der Waals surface area contributed by atoms with E-state index in [1.54, 1.807) is 48.7 Å². The van der Waals surface area contributed by atoms with Crippen LogP contribution in [0.25, 0.3) is 10.8 Å². The lowest BCUT2D eigenvalue weighted by atomic mass is 10.1. The Balaban J connectivity index is 2.52. The number of H-pyrrole nitrogens is 1. The van der Waals surface area contributed by atoms with Crippen LogP contribution in [0.1, 0.15) is 0 Å². The molecule has 0 unspecified atom stereocenters. The molecule has 6 heteroatoms. The van der Waals surface area contributed by atoms with Gasteiger partial charge in [-0.1, -0.05) is 6.07 Å². The molecule has 0 bridgehead atoms. The number of nitriles is 3. The van der Waals surface area contributed by atoms with Crippen molar-refractivity contribution in [2.45, 2.75) is 0 Å². The van der Waals surface area contributed by atoms with E-state index in [0.29, 0.717) is 11.1 Å². The van der Waals surface area contributed by atoms with Gasteiger partial charge in [0, 0.05) is 17.3 Å².